The van der Waals surface area contributed by atoms with Crippen LogP contribution in [0.15, 0.2) is 0 Å². The van der Waals surface area contributed by atoms with E-state index in [0.717, 1.165) is 26.2 Å². The topological polar surface area (TPSA) is 49.0 Å². The predicted octanol–water partition coefficient (Wildman–Crippen LogP) is 1.07. The standard InChI is InChI=1S/C13H29NO4/c1-3-4-6-15-8-10-17-12-13-18-11-9-16-7-5-14-2/h14H,3-13H2,1-2H3. The van der Waals surface area contributed by atoms with Gasteiger partial charge in [0.25, 0.3) is 0 Å². The van der Waals surface area contributed by atoms with E-state index in [4.69, 9.17) is 18.9 Å². The van der Waals surface area contributed by atoms with Gasteiger partial charge in [-0.05, 0) is 13.5 Å². The average Bonchev–Trinajstić information content (AvgIpc) is 2.39. The molecule has 0 heterocycles. The van der Waals surface area contributed by atoms with Gasteiger partial charge in [0.15, 0.2) is 0 Å². The highest BCUT2D eigenvalue weighted by atomic mass is 16.6. The van der Waals surface area contributed by atoms with Crippen molar-refractivity contribution < 1.29 is 18.9 Å². The van der Waals surface area contributed by atoms with Gasteiger partial charge in [0.2, 0.25) is 0 Å². The van der Waals surface area contributed by atoms with Crippen LogP contribution in [0.1, 0.15) is 19.8 Å². The van der Waals surface area contributed by atoms with Gasteiger partial charge in [-0.25, -0.2) is 0 Å². The van der Waals surface area contributed by atoms with E-state index in [0.29, 0.717) is 39.6 Å². The molecule has 0 spiro atoms. The smallest absolute Gasteiger partial charge is 0.0701 e. The summed E-state index contributed by atoms with van der Waals surface area (Å²) in [5.41, 5.74) is 0. The minimum Gasteiger partial charge on any atom is -0.379 e. The fraction of sp³-hybridized carbons (Fsp3) is 1.00. The minimum atomic E-state index is 0.615. The molecule has 0 saturated carbocycles. The summed E-state index contributed by atoms with van der Waals surface area (Å²) in [5.74, 6) is 0. The van der Waals surface area contributed by atoms with Crippen LogP contribution in [0.5, 0.6) is 0 Å². The van der Waals surface area contributed by atoms with Crippen LogP contribution in [0.3, 0.4) is 0 Å². The van der Waals surface area contributed by atoms with Crippen molar-refractivity contribution in [3.8, 4) is 0 Å². The van der Waals surface area contributed by atoms with Crippen molar-refractivity contribution in [2.45, 2.75) is 19.8 Å². The molecule has 0 bridgehead atoms. The molecule has 0 radical (unpaired) electrons. The van der Waals surface area contributed by atoms with Crippen LogP contribution in [0.25, 0.3) is 0 Å². The zero-order valence-corrected chi connectivity index (χ0v) is 11.9. The molecule has 0 rings (SSSR count). The Morgan fingerprint density at radius 1 is 0.667 bits per heavy atom. The van der Waals surface area contributed by atoms with Gasteiger partial charge >= 0.3 is 0 Å². The normalized spacial score (nSPS) is 11.0. The predicted molar refractivity (Wildman–Crippen MR) is 72.1 cm³/mol. The largest absolute Gasteiger partial charge is 0.379 e. The molecule has 0 amide bonds. The van der Waals surface area contributed by atoms with Gasteiger partial charge in [0, 0.05) is 13.2 Å². The summed E-state index contributed by atoms with van der Waals surface area (Å²) in [5, 5.41) is 3.01. The van der Waals surface area contributed by atoms with Gasteiger partial charge in [0.05, 0.1) is 46.2 Å². The van der Waals surface area contributed by atoms with E-state index in [9.17, 15) is 0 Å². The second-order valence-corrected chi connectivity index (χ2v) is 3.91. The average molecular weight is 263 g/mol. The number of unbranched alkanes of at least 4 members (excludes halogenated alkanes) is 1. The van der Waals surface area contributed by atoms with Crippen LogP contribution in [0.2, 0.25) is 0 Å². The number of rotatable bonds is 15. The molecule has 5 nitrogen and oxygen atoms in total. The van der Waals surface area contributed by atoms with Crippen LogP contribution >= 0.6 is 0 Å². The Labute approximate surface area is 111 Å². The zero-order valence-electron chi connectivity index (χ0n) is 11.9. The van der Waals surface area contributed by atoms with E-state index in [1.165, 1.54) is 6.42 Å². The first-order valence-corrected chi connectivity index (χ1v) is 6.87. The third-order valence-electron chi connectivity index (χ3n) is 2.25. The SMILES string of the molecule is CCCCOCCOCCOCCOCCNC. The summed E-state index contributed by atoms with van der Waals surface area (Å²) in [4.78, 5) is 0. The lowest BCUT2D eigenvalue weighted by molar-refractivity contribution is -0.00159. The quantitative estimate of drug-likeness (QED) is 0.448. The van der Waals surface area contributed by atoms with Crippen molar-refractivity contribution in [3.63, 3.8) is 0 Å². The van der Waals surface area contributed by atoms with Gasteiger partial charge in [-0.2, -0.15) is 0 Å². The molecule has 0 unspecified atom stereocenters. The second kappa shape index (κ2) is 16.8. The van der Waals surface area contributed by atoms with Crippen LogP contribution < -0.4 is 5.32 Å². The molecule has 0 atom stereocenters. The lowest BCUT2D eigenvalue weighted by atomic mass is 10.4. The maximum Gasteiger partial charge on any atom is 0.0701 e. The maximum absolute atomic E-state index is 5.36. The Morgan fingerprint density at radius 3 is 1.56 bits per heavy atom. The number of ether oxygens (including phenoxy) is 4. The summed E-state index contributed by atoms with van der Waals surface area (Å²) in [6, 6.07) is 0. The molecule has 18 heavy (non-hydrogen) atoms. The third kappa shape index (κ3) is 15.8. The summed E-state index contributed by atoms with van der Waals surface area (Å²) < 4.78 is 21.4. The molecular weight excluding hydrogens is 234 g/mol. The van der Waals surface area contributed by atoms with E-state index in [-0.39, 0.29) is 0 Å². The second-order valence-electron chi connectivity index (χ2n) is 3.91. The van der Waals surface area contributed by atoms with Gasteiger partial charge in [-0.15, -0.1) is 0 Å². The molecule has 0 aromatic rings. The van der Waals surface area contributed by atoms with Crippen LogP contribution in [0.4, 0.5) is 0 Å². The molecule has 0 aromatic heterocycles. The first kappa shape index (κ1) is 17.8. The lowest BCUT2D eigenvalue weighted by Gasteiger charge is -2.07. The molecule has 0 aliphatic heterocycles. The first-order chi connectivity index (χ1) is 8.91. The molecule has 5 heteroatoms. The summed E-state index contributed by atoms with van der Waals surface area (Å²) in [6.45, 7) is 8.41. The van der Waals surface area contributed by atoms with E-state index in [2.05, 4.69) is 12.2 Å². The fourth-order valence-corrected chi connectivity index (χ4v) is 1.18. The van der Waals surface area contributed by atoms with Crippen LogP contribution in [-0.4, -0.2) is 66.4 Å². The maximum atomic E-state index is 5.36. The number of hydrogen-bond acceptors (Lipinski definition) is 5. The van der Waals surface area contributed by atoms with Gasteiger partial charge < -0.3 is 24.3 Å². The molecule has 1 N–H and O–H groups in total. The van der Waals surface area contributed by atoms with Crippen molar-refractivity contribution in [3.05, 3.63) is 0 Å². The van der Waals surface area contributed by atoms with Crippen molar-refractivity contribution >= 4 is 0 Å². The first-order valence-electron chi connectivity index (χ1n) is 6.87. The molecule has 0 fully saturated rings. The van der Waals surface area contributed by atoms with E-state index in [1.807, 2.05) is 7.05 Å². The third-order valence-corrected chi connectivity index (χ3v) is 2.25. The van der Waals surface area contributed by atoms with Crippen LogP contribution in [0, 0.1) is 0 Å². The number of likely N-dealkylation sites (N-methyl/N-ethyl adjacent to an activating group) is 1. The highest BCUT2D eigenvalue weighted by molar-refractivity contribution is 4.37. The number of nitrogens with one attached hydrogen (secondary N) is 1. The van der Waals surface area contributed by atoms with Gasteiger partial charge in [-0.3, -0.25) is 0 Å². The summed E-state index contributed by atoms with van der Waals surface area (Å²) in [7, 11) is 1.91. The minimum absolute atomic E-state index is 0.615. The Balaban J connectivity index is 2.86. The lowest BCUT2D eigenvalue weighted by Crippen LogP contribution is -2.17. The Hall–Kier alpha value is -0.200. The van der Waals surface area contributed by atoms with Crippen LogP contribution in [-0.2, 0) is 18.9 Å². The van der Waals surface area contributed by atoms with Crippen molar-refractivity contribution in [1.29, 1.82) is 0 Å². The molecule has 0 aliphatic carbocycles. The van der Waals surface area contributed by atoms with E-state index >= 15 is 0 Å². The highest BCUT2D eigenvalue weighted by Gasteiger charge is 1.92. The van der Waals surface area contributed by atoms with Gasteiger partial charge in [0.1, 0.15) is 0 Å². The summed E-state index contributed by atoms with van der Waals surface area (Å²) >= 11 is 0. The summed E-state index contributed by atoms with van der Waals surface area (Å²) in [6.07, 6.45) is 2.29. The van der Waals surface area contributed by atoms with Crippen molar-refractivity contribution in [2.75, 3.05) is 66.4 Å². The van der Waals surface area contributed by atoms with Crippen molar-refractivity contribution in [1.82, 2.24) is 5.32 Å². The fourth-order valence-electron chi connectivity index (χ4n) is 1.18. The van der Waals surface area contributed by atoms with E-state index < -0.39 is 0 Å². The Bertz CT molecular complexity index is 131. The molecule has 110 valence electrons. The Morgan fingerprint density at radius 2 is 1.11 bits per heavy atom. The van der Waals surface area contributed by atoms with Gasteiger partial charge in [-0.1, -0.05) is 13.3 Å². The molecule has 0 aliphatic rings. The molecule has 0 saturated heterocycles. The zero-order chi connectivity index (χ0) is 13.3. The van der Waals surface area contributed by atoms with Crippen molar-refractivity contribution in [2.24, 2.45) is 0 Å². The Kier molecular flexibility index (Phi) is 16.6. The monoisotopic (exact) mass is 263 g/mol. The molecule has 0 aromatic carbocycles. The number of hydrogen-bond donors (Lipinski definition) is 1. The molecular formula is C13H29NO4. The highest BCUT2D eigenvalue weighted by Crippen LogP contribution is 1.88. The van der Waals surface area contributed by atoms with E-state index in [1.54, 1.807) is 0 Å².